The number of likely N-dealkylation sites (N-methyl/N-ethyl adjacent to an activating group) is 1. The summed E-state index contributed by atoms with van der Waals surface area (Å²) in [4.78, 5) is 2.36. The Bertz CT molecular complexity index is 425. The number of likely N-dealkylation sites (tertiary alicyclic amines) is 1. The Morgan fingerprint density at radius 1 is 1.50 bits per heavy atom. The molecule has 0 radical (unpaired) electrons. The Hall–Kier alpha value is -0.560. The van der Waals surface area contributed by atoms with E-state index in [1.54, 1.807) is 6.07 Å². The molecule has 1 saturated heterocycles. The van der Waals surface area contributed by atoms with E-state index in [2.05, 4.69) is 17.3 Å². The molecular weight excluding hydrogens is 344 g/mol. The average molecular weight is 363 g/mol. The zero-order valence-corrected chi connectivity index (χ0v) is 12.7. The molecule has 0 amide bonds. The highest BCUT2D eigenvalue weighted by Gasteiger charge is 2.18. The van der Waals surface area contributed by atoms with Crippen LogP contribution in [0.5, 0.6) is 0 Å². The number of piperidine rings is 1. The van der Waals surface area contributed by atoms with Gasteiger partial charge in [0.1, 0.15) is 5.82 Å². The van der Waals surface area contributed by atoms with Crippen LogP contribution in [0.25, 0.3) is 0 Å². The van der Waals surface area contributed by atoms with E-state index in [1.807, 2.05) is 22.6 Å². The fourth-order valence-electron chi connectivity index (χ4n) is 2.35. The van der Waals surface area contributed by atoms with Gasteiger partial charge in [-0.25, -0.2) is 4.39 Å². The van der Waals surface area contributed by atoms with Gasteiger partial charge in [-0.15, -0.1) is 0 Å². The van der Waals surface area contributed by atoms with E-state index in [1.165, 1.54) is 25.3 Å². The molecular formula is C13H19FIN3. The van der Waals surface area contributed by atoms with Gasteiger partial charge in [0.05, 0.1) is 14.9 Å². The topological polar surface area (TPSA) is 41.3 Å². The van der Waals surface area contributed by atoms with E-state index in [0.717, 1.165) is 13.1 Å². The van der Waals surface area contributed by atoms with Gasteiger partial charge >= 0.3 is 0 Å². The largest absolute Gasteiger partial charge is 0.397 e. The molecule has 0 saturated carbocycles. The van der Waals surface area contributed by atoms with Crippen LogP contribution < -0.4 is 11.1 Å². The Balaban J connectivity index is 1.99. The zero-order chi connectivity index (χ0) is 13.1. The summed E-state index contributed by atoms with van der Waals surface area (Å²) in [5.41, 5.74) is 7.20. The highest BCUT2D eigenvalue weighted by atomic mass is 127. The molecule has 1 heterocycles. The first kappa shape index (κ1) is 13.9. The van der Waals surface area contributed by atoms with Crippen LogP contribution >= 0.6 is 22.6 Å². The van der Waals surface area contributed by atoms with Crippen LogP contribution in [0, 0.1) is 9.39 Å². The standard InChI is InChI=1S/C13H19FIN3/c1-18-5-3-2-4-9(18)8-17-13-6-10(14)11(15)7-12(13)16/h6-7,9,17H,2-5,8,16H2,1H3. The molecule has 0 spiro atoms. The summed E-state index contributed by atoms with van der Waals surface area (Å²) in [6.45, 7) is 1.96. The highest BCUT2D eigenvalue weighted by molar-refractivity contribution is 14.1. The molecule has 3 N–H and O–H groups in total. The first-order valence-electron chi connectivity index (χ1n) is 6.26. The lowest BCUT2D eigenvalue weighted by Gasteiger charge is -2.32. The van der Waals surface area contributed by atoms with Crippen LogP contribution in [-0.4, -0.2) is 31.1 Å². The molecule has 1 aliphatic heterocycles. The van der Waals surface area contributed by atoms with Gasteiger partial charge in [-0.1, -0.05) is 6.42 Å². The molecule has 0 aromatic heterocycles. The number of anilines is 2. The fourth-order valence-corrected chi connectivity index (χ4v) is 2.84. The zero-order valence-electron chi connectivity index (χ0n) is 10.5. The van der Waals surface area contributed by atoms with Gasteiger partial charge in [0.15, 0.2) is 0 Å². The predicted molar refractivity (Wildman–Crippen MR) is 82.3 cm³/mol. The maximum Gasteiger partial charge on any atom is 0.138 e. The smallest absolute Gasteiger partial charge is 0.138 e. The summed E-state index contributed by atoms with van der Waals surface area (Å²) in [5, 5.41) is 3.27. The van der Waals surface area contributed by atoms with Crippen LogP contribution in [0.4, 0.5) is 15.8 Å². The number of benzene rings is 1. The molecule has 1 aromatic carbocycles. The average Bonchev–Trinajstić information content (AvgIpc) is 2.34. The van der Waals surface area contributed by atoms with Crippen LogP contribution in [0.15, 0.2) is 12.1 Å². The van der Waals surface area contributed by atoms with Crippen molar-refractivity contribution >= 4 is 34.0 Å². The van der Waals surface area contributed by atoms with E-state index in [9.17, 15) is 4.39 Å². The molecule has 2 rings (SSSR count). The van der Waals surface area contributed by atoms with Crippen molar-refractivity contribution in [1.29, 1.82) is 0 Å². The molecule has 1 aromatic rings. The van der Waals surface area contributed by atoms with Gasteiger partial charge in [-0.05, 0) is 55.1 Å². The Morgan fingerprint density at radius 3 is 3.00 bits per heavy atom. The summed E-state index contributed by atoms with van der Waals surface area (Å²) in [6, 6.07) is 3.67. The third kappa shape index (κ3) is 3.26. The summed E-state index contributed by atoms with van der Waals surface area (Å²) in [6.07, 6.45) is 3.73. The Kier molecular flexibility index (Phi) is 4.66. The van der Waals surface area contributed by atoms with Crippen molar-refractivity contribution in [1.82, 2.24) is 4.90 Å². The fraction of sp³-hybridized carbons (Fsp3) is 0.538. The second kappa shape index (κ2) is 6.06. The number of hydrogen-bond donors (Lipinski definition) is 2. The maximum absolute atomic E-state index is 13.5. The molecule has 100 valence electrons. The maximum atomic E-state index is 13.5. The Morgan fingerprint density at radius 2 is 2.28 bits per heavy atom. The number of nitrogens with two attached hydrogens (primary N) is 1. The lowest BCUT2D eigenvalue weighted by molar-refractivity contribution is 0.194. The minimum absolute atomic E-state index is 0.218. The van der Waals surface area contributed by atoms with Crippen LogP contribution in [0.1, 0.15) is 19.3 Å². The van der Waals surface area contributed by atoms with E-state index < -0.39 is 0 Å². The van der Waals surface area contributed by atoms with E-state index >= 15 is 0 Å². The van der Waals surface area contributed by atoms with Crippen LogP contribution in [0.3, 0.4) is 0 Å². The summed E-state index contributed by atoms with van der Waals surface area (Å²) in [5.74, 6) is -0.218. The van der Waals surface area contributed by atoms with E-state index in [-0.39, 0.29) is 5.82 Å². The molecule has 1 aliphatic rings. The quantitative estimate of drug-likeness (QED) is 0.641. The third-order valence-electron chi connectivity index (χ3n) is 3.54. The number of rotatable bonds is 3. The van der Waals surface area contributed by atoms with E-state index in [4.69, 9.17) is 5.73 Å². The normalized spacial score (nSPS) is 20.9. The van der Waals surface area contributed by atoms with Crippen LogP contribution in [0.2, 0.25) is 0 Å². The predicted octanol–water partition coefficient (Wildman–Crippen LogP) is 2.91. The molecule has 3 nitrogen and oxygen atoms in total. The minimum atomic E-state index is -0.218. The molecule has 0 aliphatic carbocycles. The second-order valence-electron chi connectivity index (χ2n) is 4.86. The summed E-state index contributed by atoms with van der Waals surface area (Å²) >= 11 is 1.95. The van der Waals surface area contributed by atoms with Gasteiger partial charge in [0.2, 0.25) is 0 Å². The van der Waals surface area contributed by atoms with Crippen molar-refractivity contribution in [2.75, 3.05) is 31.2 Å². The van der Waals surface area contributed by atoms with Crippen LogP contribution in [-0.2, 0) is 0 Å². The highest BCUT2D eigenvalue weighted by Crippen LogP contribution is 2.25. The molecule has 5 heteroatoms. The van der Waals surface area contributed by atoms with Gasteiger partial charge in [-0.3, -0.25) is 0 Å². The second-order valence-corrected chi connectivity index (χ2v) is 6.03. The lowest BCUT2D eigenvalue weighted by atomic mass is 10.0. The van der Waals surface area contributed by atoms with Gasteiger partial charge in [0.25, 0.3) is 0 Å². The van der Waals surface area contributed by atoms with Crippen molar-refractivity contribution in [2.24, 2.45) is 0 Å². The lowest BCUT2D eigenvalue weighted by Crippen LogP contribution is -2.40. The van der Waals surface area contributed by atoms with Crippen molar-refractivity contribution in [3.05, 3.63) is 21.5 Å². The van der Waals surface area contributed by atoms with Crippen molar-refractivity contribution in [3.63, 3.8) is 0 Å². The number of nitrogen functional groups attached to an aromatic ring is 1. The van der Waals surface area contributed by atoms with Crippen molar-refractivity contribution < 1.29 is 4.39 Å². The summed E-state index contributed by atoms with van der Waals surface area (Å²) in [7, 11) is 2.14. The minimum Gasteiger partial charge on any atom is -0.397 e. The number of nitrogens with one attached hydrogen (secondary N) is 1. The molecule has 1 fully saturated rings. The van der Waals surface area contributed by atoms with Crippen molar-refractivity contribution in [2.45, 2.75) is 25.3 Å². The Labute approximate surface area is 121 Å². The first-order chi connectivity index (χ1) is 8.58. The monoisotopic (exact) mass is 363 g/mol. The molecule has 1 atom stereocenters. The number of halogens is 2. The van der Waals surface area contributed by atoms with Gasteiger partial charge in [-0.2, -0.15) is 0 Å². The van der Waals surface area contributed by atoms with Gasteiger partial charge < -0.3 is 16.0 Å². The number of hydrogen-bond acceptors (Lipinski definition) is 3. The molecule has 0 bridgehead atoms. The van der Waals surface area contributed by atoms with Gasteiger partial charge in [0, 0.05) is 18.7 Å². The molecule has 1 unspecified atom stereocenters. The SMILES string of the molecule is CN1CCCCC1CNc1cc(F)c(I)cc1N. The first-order valence-corrected chi connectivity index (χ1v) is 7.34. The molecule has 18 heavy (non-hydrogen) atoms. The summed E-state index contributed by atoms with van der Waals surface area (Å²) < 4.78 is 14.0. The van der Waals surface area contributed by atoms with Crippen molar-refractivity contribution in [3.8, 4) is 0 Å². The number of nitrogens with zero attached hydrogens (tertiary/aromatic N) is 1. The third-order valence-corrected chi connectivity index (χ3v) is 4.37. The van der Waals surface area contributed by atoms with E-state index in [0.29, 0.717) is 21.0 Å².